The Morgan fingerprint density at radius 2 is 2.30 bits per heavy atom. The molecule has 6 nitrogen and oxygen atoms in total. The van der Waals surface area contributed by atoms with E-state index < -0.39 is 5.41 Å². The molecule has 1 saturated heterocycles. The molecule has 2 heterocycles. The van der Waals surface area contributed by atoms with E-state index in [-0.39, 0.29) is 17.7 Å². The summed E-state index contributed by atoms with van der Waals surface area (Å²) in [5, 5.41) is 6.88. The fourth-order valence-corrected chi connectivity index (χ4v) is 2.81. The third-order valence-corrected chi connectivity index (χ3v) is 4.32. The van der Waals surface area contributed by atoms with Gasteiger partial charge in [-0.25, -0.2) is 0 Å². The largest absolute Gasteiger partial charge is 0.359 e. The van der Waals surface area contributed by atoms with Gasteiger partial charge >= 0.3 is 0 Å². The minimum atomic E-state index is -0.585. The summed E-state index contributed by atoms with van der Waals surface area (Å²) in [6.45, 7) is 10.9. The number of nitrogens with zero attached hydrogens (tertiary/aromatic N) is 2. The Kier molecular flexibility index (Phi) is 5.23. The average Bonchev–Trinajstić information content (AvgIpc) is 3.01. The topological polar surface area (TPSA) is 75.4 Å². The van der Waals surface area contributed by atoms with Crippen molar-refractivity contribution in [2.45, 2.75) is 46.1 Å². The van der Waals surface area contributed by atoms with Gasteiger partial charge < -0.3 is 14.7 Å². The van der Waals surface area contributed by atoms with Gasteiger partial charge in [0.2, 0.25) is 11.8 Å². The number of carbonyl (C=O) groups excluding carboxylic acids is 2. The van der Waals surface area contributed by atoms with Crippen LogP contribution in [-0.2, 0) is 16.1 Å². The molecule has 1 N–H and O–H groups in total. The van der Waals surface area contributed by atoms with Gasteiger partial charge in [0.05, 0.1) is 17.7 Å². The number of piperidine rings is 1. The molecular formula is C17H25N3O3. The normalized spacial score (nSPS) is 21.3. The molecule has 1 aliphatic rings. The van der Waals surface area contributed by atoms with Crippen LogP contribution in [0.1, 0.15) is 51.0 Å². The van der Waals surface area contributed by atoms with Gasteiger partial charge in [0.1, 0.15) is 0 Å². The van der Waals surface area contributed by atoms with Crippen molar-refractivity contribution in [3.8, 4) is 0 Å². The maximum absolute atomic E-state index is 12.6. The number of nitrogens with one attached hydrogen (secondary N) is 1. The van der Waals surface area contributed by atoms with Gasteiger partial charge in [-0.05, 0) is 31.8 Å². The highest BCUT2D eigenvalue weighted by Gasteiger charge is 2.38. The number of aromatic nitrogens is 1. The number of hydrogen-bond acceptors (Lipinski definition) is 4. The second-order valence-electron chi connectivity index (χ2n) is 6.68. The molecular weight excluding hydrogens is 294 g/mol. The van der Waals surface area contributed by atoms with E-state index in [1.54, 1.807) is 4.90 Å². The first kappa shape index (κ1) is 17.2. The summed E-state index contributed by atoms with van der Waals surface area (Å²) in [5.74, 6) is 0.736. The second kappa shape index (κ2) is 6.98. The van der Waals surface area contributed by atoms with Gasteiger partial charge in [-0.2, -0.15) is 0 Å². The van der Waals surface area contributed by atoms with Crippen LogP contribution in [0.3, 0.4) is 0 Å². The van der Waals surface area contributed by atoms with Crippen LogP contribution in [0.25, 0.3) is 0 Å². The molecule has 0 bridgehead atoms. The monoisotopic (exact) mass is 319 g/mol. The first-order valence-electron chi connectivity index (χ1n) is 8.01. The smallest absolute Gasteiger partial charge is 0.245 e. The maximum Gasteiger partial charge on any atom is 0.245 e. The highest BCUT2D eigenvalue weighted by atomic mass is 16.5. The Morgan fingerprint density at radius 3 is 2.91 bits per heavy atom. The number of amides is 2. The molecule has 23 heavy (non-hydrogen) atoms. The molecule has 0 radical (unpaired) electrons. The summed E-state index contributed by atoms with van der Waals surface area (Å²) >= 11 is 0. The summed E-state index contributed by atoms with van der Waals surface area (Å²) in [5.41, 5.74) is 0.290. The van der Waals surface area contributed by atoms with E-state index in [2.05, 4.69) is 17.1 Å². The lowest BCUT2D eigenvalue weighted by molar-refractivity contribution is -0.138. The van der Waals surface area contributed by atoms with Crippen molar-refractivity contribution in [1.82, 2.24) is 15.4 Å². The molecule has 0 spiro atoms. The van der Waals surface area contributed by atoms with Crippen molar-refractivity contribution in [1.29, 1.82) is 0 Å². The predicted octanol–water partition coefficient (Wildman–Crippen LogP) is 2.23. The summed E-state index contributed by atoms with van der Waals surface area (Å²) in [6, 6.07) is 1.86. The molecule has 6 heteroatoms. The maximum atomic E-state index is 12.6. The minimum Gasteiger partial charge on any atom is -0.359 e. The van der Waals surface area contributed by atoms with Crippen LogP contribution in [0.15, 0.2) is 23.2 Å². The molecule has 1 fully saturated rings. The number of rotatable bonds is 5. The van der Waals surface area contributed by atoms with Crippen molar-refractivity contribution in [3.63, 3.8) is 0 Å². The molecule has 2 amide bonds. The summed E-state index contributed by atoms with van der Waals surface area (Å²) in [6.07, 6.45) is 2.86. The van der Waals surface area contributed by atoms with Crippen molar-refractivity contribution in [2.75, 3.05) is 13.1 Å². The van der Waals surface area contributed by atoms with Crippen LogP contribution in [0.2, 0.25) is 0 Å². The lowest BCUT2D eigenvalue weighted by Crippen LogP contribution is -2.51. The van der Waals surface area contributed by atoms with E-state index in [0.29, 0.717) is 25.4 Å². The summed E-state index contributed by atoms with van der Waals surface area (Å²) < 4.78 is 5.23. The average molecular weight is 319 g/mol. The fourth-order valence-electron chi connectivity index (χ4n) is 2.81. The fraction of sp³-hybridized carbons (Fsp3) is 0.588. The Labute approximate surface area is 136 Å². The highest BCUT2D eigenvalue weighted by molar-refractivity contribution is 5.88. The van der Waals surface area contributed by atoms with Crippen molar-refractivity contribution < 1.29 is 14.1 Å². The first-order valence-corrected chi connectivity index (χ1v) is 8.01. The molecule has 1 aliphatic heterocycles. The lowest BCUT2D eigenvalue weighted by Gasteiger charge is -2.38. The summed E-state index contributed by atoms with van der Waals surface area (Å²) in [4.78, 5) is 26.0. The van der Waals surface area contributed by atoms with E-state index in [1.165, 1.54) is 6.08 Å². The van der Waals surface area contributed by atoms with Gasteiger partial charge in [-0.3, -0.25) is 9.59 Å². The molecule has 126 valence electrons. The van der Waals surface area contributed by atoms with Crippen LogP contribution < -0.4 is 5.32 Å². The van der Waals surface area contributed by atoms with Crippen LogP contribution in [0.4, 0.5) is 0 Å². The van der Waals surface area contributed by atoms with E-state index in [9.17, 15) is 9.59 Å². The molecule has 1 unspecified atom stereocenters. The molecule has 2 rings (SSSR count). The van der Waals surface area contributed by atoms with Gasteiger partial charge in [0.25, 0.3) is 0 Å². The van der Waals surface area contributed by atoms with Crippen LogP contribution in [0.5, 0.6) is 0 Å². The Morgan fingerprint density at radius 1 is 1.57 bits per heavy atom. The van der Waals surface area contributed by atoms with Crippen LogP contribution in [-0.4, -0.2) is 35.0 Å². The zero-order valence-electron chi connectivity index (χ0n) is 14.1. The molecule has 1 atom stereocenters. The highest BCUT2D eigenvalue weighted by Crippen LogP contribution is 2.30. The third-order valence-electron chi connectivity index (χ3n) is 4.32. The van der Waals surface area contributed by atoms with E-state index in [1.807, 2.05) is 26.8 Å². The number of likely N-dealkylation sites (tertiary alicyclic amines) is 1. The van der Waals surface area contributed by atoms with Crippen LogP contribution >= 0.6 is 0 Å². The molecule has 1 aromatic heterocycles. The van der Waals surface area contributed by atoms with Gasteiger partial charge in [-0.1, -0.05) is 25.6 Å². The molecule has 0 saturated carbocycles. The zero-order chi connectivity index (χ0) is 17.0. The molecule has 0 aliphatic carbocycles. The van der Waals surface area contributed by atoms with Crippen molar-refractivity contribution in [2.24, 2.45) is 5.41 Å². The van der Waals surface area contributed by atoms with Gasteiger partial charge in [0.15, 0.2) is 5.76 Å². The lowest BCUT2D eigenvalue weighted by atomic mass is 9.81. The zero-order valence-corrected chi connectivity index (χ0v) is 14.1. The SMILES string of the molecule is C=CC(=O)N1CCCC(C)(C(=O)NCc2cc(C(C)C)no2)C1. The van der Waals surface area contributed by atoms with Crippen LogP contribution in [0, 0.1) is 5.41 Å². The quantitative estimate of drug-likeness (QED) is 0.845. The molecule has 0 aromatic carbocycles. The Bertz CT molecular complexity index is 594. The van der Waals surface area contributed by atoms with Crippen molar-refractivity contribution in [3.05, 3.63) is 30.2 Å². The summed E-state index contributed by atoms with van der Waals surface area (Å²) in [7, 11) is 0. The molecule has 1 aromatic rings. The minimum absolute atomic E-state index is 0.0680. The Balaban J connectivity index is 1.95. The van der Waals surface area contributed by atoms with Crippen molar-refractivity contribution >= 4 is 11.8 Å². The van der Waals surface area contributed by atoms with E-state index >= 15 is 0 Å². The van der Waals surface area contributed by atoms with E-state index in [0.717, 1.165) is 18.5 Å². The Hall–Kier alpha value is -2.11. The first-order chi connectivity index (χ1) is 10.9. The predicted molar refractivity (Wildman–Crippen MR) is 86.6 cm³/mol. The van der Waals surface area contributed by atoms with E-state index in [4.69, 9.17) is 4.52 Å². The standard InChI is InChI=1S/C17H25N3O3/c1-5-15(21)20-8-6-7-17(4,11-20)16(22)18-10-13-9-14(12(2)3)19-23-13/h5,9,12H,1,6-8,10-11H2,2-4H3,(H,18,22). The van der Waals surface area contributed by atoms with Gasteiger partial charge in [-0.15, -0.1) is 0 Å². The number of carbonyl (C=O) groups is 2. The number of hydrogen-bond donors (Lipinski definition) is 1. The second-order valence-corrected chi connectivity index (χ2v) is 6.68. The van der Waals surface area contributed by atoms with Gasteiger partial charge in [0, 0.05) is 19.2 Å². The third kappa shape index (κ3) is 4.00.